The fourth-order valence-electron chi connectivity index (χ4n) is 1.54. The zero-order valence-electron chi connectivity index (χ0n) is 10.2. The smallest absolute Gasteiger partial charge is 0.326 e. The summed E-state index contributed by atoms with van der Waals surface area (Å²) in [6.07, 6.45) is 1.55. The van der Waals surface area contributed by atoms with Crippen LogP contribution in [0.4, 0.5) is 0 Å². The van der Waals surface area contributed by atoms with Gasteiger partial charge in [0.1, 0.15) is 6.04 Å². The highest BCUT2D eigenvalue weighted by molar-refractivity contribution is 5.94. The summed E-state index contributed by atoms with van der Waals surface area (Å²) >= 11 is 0. The van der Waals surface area contributed by atoms with Crippen LogP contribution < -0.4 is 5.32 Å². The summed E-state index contributed by atoms with van der Waals surface area (Å²) in [7, 11) is 1.44. The molecule has 1 aliphatic rings. The number of carbonyl (C=O) groups excluding carboxylic acids is 1. The van der Waals surface area contributed by atoms with Gasteiger partial charge in [-0.05, 0) is 6.92 Å². The molecule has 1 atom stereocenters. The standard InChI is InChI=1S/C10H15N5O3/c1-6(10(17)18)14(2)9(16)8-5-15(13-12-8)7-3-11-4-7/h5-7,11H,3-4H2,1-2H3,(H,17,18). The van der Waals surface area contributed by atoms with E-state index in [9.17, 15) is 9.59 Å². The number of rotatable bonds is 4. The van der Waals surface area contributed by atoms with E-state index in [4.69, 9.17) is 5.11 Å². The first-order chi connectivity index (χ1) is 8.50. The Morgan fingerprint density at radius 3 is 2.78 bits per heavy atom. The van der Waals surface area contributed by atoms with Crippen LogP contribution in [0.3, 0.4) is 0 Å². The average molecular weight is 253 g/mol. The highest BCUT2D eigenvalue weighted by Gasteiger charge is 2.26. The quantitative estimate of drug-likeness (QED) is 0.711. The summed E-state index contributed by atoms with van der Waals surface area (Å²) in [6.45, 7) is 3.05. The van der Waals surface area contributed by atoms with Crippen LogP contribution in [0.15, 0.2) is 6.20 Å². The topological polar surface area (TPSA) is 100 Å². The number of nitrogens with zero attached hydrogens (tertiary/aromatic N) is 4. The molecule has 0 radical (unpaired) electrons. The predicted octanol–water partition coefficient (Wildman–Crippen LogP) is -1.03. The van der Waals surface area contributed by atoms with Crippen molar-refractivity contribution in [2.45, 2.75) is 19.0 Å². The van der Waals surface area contributed by atoms with Crippen molar-refractivity contribution < 1.29 is 14.7 Å². The van der Waals surface area contributed by atoms with E-state index in [-0.39, 0.29) is 11.7 Å². The third-order valence-corrected chi connectivity index (χ3v) is 3.12. The van der Waals surface area contributed by atoms with Crippen molar-refractivity contribution in [3.63, 3.8) is 0 Å². The summed E-state index contributed by atoms with van der Waals surface area (Å²) in [5.41, 5.74) is 0.164. The van der Waals surface area contributed by atoms with Crippen LogP contribution in [0, 0.1) is 0 Å². The van der Waals surface area contributed by atoms with Crippen molar-refractivity contribution in [2.75, 3.05) is 20.1 Å². The molecule has 2 rings (SSSR count). The Morgan fingerprint density at radius 1 is 1.61 bits per heavy atom. The zero-order chi connectivity index (χ0) is 13.3. The molecule has 0 spiro atoms. The molecule has 1 saturated heterocycles. The zero-order valence-corrected chi connectivity index (χ0v) is 10.2. The maximum absolute atomic E-state index is 12.0. The van der Waals surface area contributed by atoms with E-state index in [0.717, 1.165) is 18.0 Å². The van der Waals surface area contributed by atoms with Crippen LogP contribution in [0.2, 0.25) is 0 Å². The van der Waals surface area contributed by atoms with E-state index in [2.05, 4.69) is 15.6 Å². The van der Waals surface area contributed by atoms with Gasteiger partial charge in [0.25, 0.3) is 5.91 Å². The lowest BCUT2D eigenvalue weighted by molar-refractivity contribution is -0.141. The molecule has 8 nitrogen and oxygen atoms in total. The van der Waals surface area contributed by atoms with Crippen molar-refractivity contribution in [1.29, 1.82) is 0 Å². The average Bonchev–Trinajstić information content (AvgIpc) is 2.72. The van der Waals surface area contributed by atoms with Gasteiger partial charge in [0.05, 0.1) is 12.2 Å². The molecule has 2 heterocycles. The van der Waals surface area contributed by atoms with Crippen LogP contribution in [-0.2, 0) is 4.79 Å². The molecule has 0 saturated carbocycles. The van der Waals surface area contributed by atoms with Crippen molar-refractivity contribution >= 4 is 11.9 Å². The van der Waals surface area contributed by atoms with E-state index < -0.39 is 17.9 Å². The number of hydrogen-bond donors (Lipinski definition) is 2. The third kappa shape index (κ3) is 2.19. The molecule has 1 amide bonds. The number of aliphatic carboxylic acids is 1. The number of aromatic nitrogens is 3. The van der Waals surface area contributed by atoms with Gasteiger partial charge >= 0.3 is 5.97 Å². The van der Waals surface area contributed by atoms with Gasteiger partial charge in [-0.25, -0.2) is 9.48 Å². The van der Waals surface area contributed by atoms with Crippen LogP contribution in [0.5, 0.6) is 0 Å². The van der Waals surface area contributed by atoms with E-state index in [1.807, 2.05) is 0 Å². The monoisotopic (exact) mass is 253 g/mol. The highest BCUT2D eigenvalue weighted by atomic mass is 16.4. The second kappa shape index (κ2) is 4.73. The van der Waals surface area contributed by atoms with Crippen molar-refractivity contribution in [1.82, 2.24) is 25.2 Å². The molecule has 0 aromatic carbocycles. The normalized spacial score (nSPS) is 17.0. The van der Waals surface area contributed by atoms with E-state index in [0.29, 0.717) is 0 Å². The van der Waals surface area contributed by atoms with Crippen molar-refractivity contribution in [3.8, 4) is 0 Å². The SMILES string of the molecule is CC(C(=O)O)N(C)C(=O)c1cn(C2CNC2)nn1. The van der Waals surface area contributed by atoms with Gasteiger partial charge in [-0.2, -0.15) is 0 Å². The van der Waals surface area contributed by atoms with Gasteiger partial charge < -0.3 is 15.3 Å². The van der Waals surface area contributed by atoms with Crippen molar-refractivity contribution in [3.05, 3.63) is 11.9 Å². The first kappa shape index (κ1) is 12.5. The number of carbonyl (C=O) groups is 2. The van der Waals surface area contributed by atoms with Crippen LogP contribution in [0.1, 0.15) is 23.5 Å². The Balaban J connectivity index is 2.08. The lowest BCUT2D eigenvalue weighted by atomic mass is 10.2. The third-order valence-electron chi connectivity index (χ3n) is 3.12. The van der Waals surface area contributed by atoms with Gasteiger partial charge in [-0.15, -0.1) is 5.10 Å². The van der Waals surface area contributed by atoms with E-state index in [1.165, 1.54) is 14.0 Å². The number of likely N-dealkylation sites (N-methyl/N-ethyl adjacent to an activating group) is 1. The largest absolute Gasteiger partial charge is 0.480 e. The Bertz CT molecular complexity index is 468. The number of carboxylic acids is 1. The molecule has 2 N–H and O–H groups in total. The Hall–Kier alpha value is -1.96. The first-order valence-electron chi connectivity index (χ1n) is 5.63. The first-order valence-corrected chi connectivity index (χ1v) is 5.63. The molecular formula is C10H15N5O3. The molecule has 98 valence electrons. The molecule has 8 heteroatoms. The molecular weight excluding hydrogens is 238 g/mol. The minimum atomic E-state index is -1.05. The molecule has 1 aliphatic heterocycles. The lowest BCUT2D eigenvalue weighted by Gasteiger charge is -2.26. The summed E-state index contributed by atoms with van der Waals surface area (Å²) in [5, 5.41) is 19.6. The molecule has 1 aromatic rings. The molecule has 1 aromatic heterocycles. The predicted molar refractivity (Wildman–Crippen MR) is 61.1 cm³/mol. The lowest BCUT2D eigenvalue weighted by Crippen LogP contribution is -2.43. The summed E-state index contributed by atoms with van der Waals surface area (Å²) < 4.78 is 1.63. The number of carboxylic acid groups (broad SMARTS) is 1. The van der Waals surface area contributed by atoms with Gasteiger partial charge in [0.15, 0.2) is 5.69 Å². The van der Waals surface area contributed by atoms with E-state index >= 15 is 0 Å². The molecule has 0 bridgehead atoms. The number of amides is 1. The van der Waals surface area contributed by atoms with Crippen LogP contribution in [-0.4, -0.2) is 63.1 Å². The van der Waals surface area contributed by atoms with E-state index in [1.54, 1.807) is 10.9 Å². The Morgan fingerprint density at radius 2 is 2.28 bits per heavy atom. The molecule has 1 unspecified atom stereocenters. The van der Waals surface area contributed by atoms with Crippen molar-refractivity contribution in [2.24, 2.45) is 0 Å². The number of hydrogen-bond acceptors (Lipinski definition) is 5. The van der Waals surface area contributed by atoms with Gasteiger partial charge in [-0.1, -0.05) is 5.21 Å². The maximum atomic E-state index is 12.0. The van der Waals surface area contributed by atoms with Crippen LogP contribution >= 0.6 is 0 Å². The second-order valence-corrected chi connectivity index (χ2v) is 4.33. The summed E-state index contributed by atoms with van der Waals surface area (Å²) in [5.74, 6) is -1.50. The van der Waals surface area contributed by atoms with Gasteiger partial charge in [-0.3, -0.25) is 4.79 Å². The minimum absolute atomic E-state index is 0.164. The fraction of sp³-hybridized carbons (Fsp3) is 0.600. The van der Waals surface area contributed by atoms with Crippen LogP contribution in [0.25, 0.3) is 0 Å². The number of nitrogens with one attached hydrogen (secondary N) is 1. The fourth-order valence-corrected chi connectivity index (χ4v) is 1.54. The second-order valence-electron chi connectivity index (χ2n) is 4.33. The highest BCUT2D eigenvalue weighted by Crippen LogP contribution is 2.11. The summed E-state index contributed by atoms with van der Waals surface area (Å²) in [4.78, 5) is 23.9. The Labute approximate surface area is 104 Å². The molecule has 18 heavy (non-hydrogen) atoms. The maximum Gasteiger partial charge on any atom is 0.326 e. The molecule has 1 fully saturated rings. The summed E-state index contributed by atoms with van der Waals surface area (Å²) in [6, 6.07) is -0.672. The minimum Gasteiger partial charge on any atom is -0.480 e. The van der Waals surface area contributed by atoms with Gasteiger partial charge in [0, 0.05) is 20.1 Å². The Kier molecular flexibility index (Phi) is 3.28. The molecule has 0 aliphatic carbocycles. The van der Waals surface area contributed by atoms with Gasteiger partial charge in [0.2, 0.25) is 0 Å².